The van der Waals surface area contributed by atoms with Gasteiger partial charge in [0.25, 0.3) is 0 Å². The van der Waals surface area contributed by atoms with E-state index in [-0.39, 0.29) is 39.7 Å². The van der Waals surface area contributed by atoms with Crippen LogP contribution in [0.5, 0.6) is 0 Å². The van der Waals surface area contributed by atoms with Gasteiger partial charge in [0.15, 0.2) is 0 Å². The van der Waals surface area contributed by atoms with Gasteiger partial charge in [-0.15, -0.1) is 0 Å². The Kier molecular flexibility index (Phi) is 26.7. The molecule has 3 amide bonds. The van der Waals surface area contributed by atoms with Crippen LogP contribution in [0.25, 0.3) is 11.1 Å². The molecule has 0 aliphatic heterocycles. The molecule has 16 nitrogen and oxygen atoms in total. The number of hydrogen-bond acceptors (Lipinski definition) is 13. The van der Waals surface area contributed by atoms with E-state index < -0.39 is 48.1 Å². The largest absolute Gasteiger partial charge is 0.467 e. The zero-order valence-corrected chi connectivity index (χ0v) is 52.3. The number of rotatable bonds is 23. The minimum atomic E-state index is -0.946. The molecule has 18 heteroatoms. The molecule has 0 fully saturated rings. The number of thiocarbonyl (C=S) groups is 2. The highest BCUT2D eigenvalue weighted by molar-refractivity contribution is 7.81. The van der Waals surface area contributed by atoms with Crippen molar-refractivity contribution in [3.05, 3.63) is 249 Å². The predicted octanol–water partition coefficient (Wildman–Crippen LogP) is 11.9. The molecule has 0 bridgehead atoms. The van der Waals surface area contributed by atoms with Gasteiger partial charge in [0.1, 0.15) is 34.7 Å². The highest BCUT2D eigenvalue weighted by Gasteiger charge is 2.31. The molecule has 0 radical (unpaired) electrons. The number of carbonyl (C=O) groups is 5. The van der Waals surface area contributed by atoms with Crippen molar-refractivity contribution in [1.29, 1.82) is 0 Å². The Bertz CT molecular complexity index is 3730. The Hall–Kier alpha value is -9.49. The fraction of sp³-hybridized carbons (Fsp3) is 0.274. The van der Waals surface area contributed by atoms with Crippen molar-refractivity contribution in [3.8, 4) is 11.1 Å². The van der Waals surface area contributed by atoms with Gasteiger partial charge in [-0.1, -0.05) is 174 Å². The number of pyridine rings is 2. The first-order chi connectivity index (χ1) is 43.1. The SMILES string of the molecule is C.C.CCc1cccc(C)c1C(=S)N[C@@H](Cc1ccc(NC(=O)C(Cc2cccnc2)NC(=O)OCC2c3ccccc3-c3ccccc32)cc1)C(=O)OC.CCc1cccc(C)c1C(=S)N[C@@H](Cc1ccc(NC(=O)C(N)Cc2cccnc2)cc1)C(=O)OC. The van der Waals surface area contributed by atoms with E-state index in [4.69, 9.17) is 44.4 Å². The summed E-state index contributed by atoms with van der Waals surface area (Å²) in [5.74, 6) is -1.65. The van der Waals surface area contributed by atoms with Crippen molar-refractivity contribution >= 4 is 75.6 Å². The van der Waals surface area contributed by atoms with Gasteiger partial charge >= 0.3 is 18.0 Å². The molecule has 6 aromatic carbocycles. The number of fused-ring (bicyclic) bond motifs is 3. The minimum Gasteiger partial charge on any atom is -0.467 e. The summed E-state index contributed by atoms with van der Waals surface area (Å²) in [7, 11) is 2.71. The third kappa shape index (κ3) is 19.0. The molecule has 1 aliphatic rings. The summed E-state index contributed by atoms with van der Waals surface area (Å²) in [5.41, 5.74) is 21.2. The third-order valence-corrected chi connectivity index (χ3v) is 16.1. The number of nitrogens with one attached hydrogen (secondary N) is 5. The highest BCUT2D eigenvalue weighted by atomic mass is 32.1. The number of methoxy groups -OCH3 is 2. The quantitative estimate of drug-likeness (QED) is 0.0199. The monoisotopic (exact) mass is 1260 g/mol. The topological polar surface area (TPSA) is 225 Å². The number of aryl methyl sites for hydroxylation is 4. The molecule has 9 rings (SSSR count). The van der Waals surface area contributed by atoms with Crippen molar-refractivity contribution < 1.29 is 38.2 Å². The number of aromatic nitrogens is 2. The lowest BCUT2D eigenvalue weighted by molar-refractivity contribution is -0.143. The molecule has 0 saturated heterocycles. The number of esters is 2. The van der Waals surface area contributed by atoms with E-state index >= 15 is 0 Å². The van der Waals surface area contributed by atoms with E-state index in [2.05, 4.69) is 74.7 Å². The van der Waals surface area contributed by atoms with E-state index in [9.17, 15) is 24.0 Å². The lowest BCUT2D eigenvalue weighted by Gasteiger charge is -2.21. The highest BCUT2D eigenvalue weighted by Crippen LogP contribution is 2.44. The van der Waals surface area contributed by atoms with Crippen LogP contribution < -0.4 is 32.3 Å². The zero-order chi connectivity index (χ0) is 63.4. The fourth-order valence-electron chi connectivity index (χ4n) is 10.8. The van der Waals surface area contributed by atoms with Crippen molar-refractivity contribution in [2.75, 3.05) is 31.5 Å². The van der Waals surface area contributed by atoms with Crippen molar-refractivity contribution in [2.45, 2.75) is 111 Å². The van der Waals surface area contributed by atoms with Gasteiger partial charge < -0.3 is 46.5 Å². The summed E-state index contributed by atoms with van der Waals surface area (Å²) < 4.78 is 15.9. The van der Waals surface area contributed by atoms with Gasteiger partial charge in [0.2, 0.25) is 11.8 Å². The minimum absolute atomic E-state index is 0. The number of nitrogens with zero attached hydrogens (tertiary/aromatic N) is 2. The van der Waals surface area contributed by atoms with E-state index in [1.165, 1.54) is 14.2 Å². The zero-order valence-electron chi connectivity index (χ0n) is 50.7. The third-order valence-electron chi connectivity index (χ3n) is 15.5. The van der Waals surface area contributed by atoms with Gasteiger partial charge in [0, 0.05) is 72.5 Å². The maximum atomic E-state index is 13.7. The Morgan fingerprint density at radius 2 is 0.934 bits per heavy atom. The van der Waals surface area contributed by atoms with Crippen LogP contribution in [0.2, 0.25) is 0 Å². The van der Waals surface area contributed by atoms with Crippen LogP contribution in [0.15, 0.2) is 183 Å². The lowest BCUT2D eigenvalue weighted by Crippen LogP contribution is -2.45. The van der Waals surface area contributed by atoms with Crippen LogP contribution >= 0.6 is 24.4 Å². The molecule has 474 valence electrons. The molecule has 91 heavy (non-hydrogen) atoms. The first-order valence-electron chi connectivity index (χ1n) is 29.5. The summed E-state index contributed by atoms with van der Waals surface area (Å²) >= 11 is 11.4. The summed E-state index contributed by atoms with van der Waals surface area (Å²) in [6.45, 7) is 8.27. The molecular formula is C73H82N8O8S2. The molecule has 0 saturated carbocycles. The molecule has 2 aromatic heterocycles. The number of hydrogen-bond donors (Lipinski definition) is 6. The Morgan fingerprint density at radius 1 is 0.505 bits per heavy atom. The normalized spacial score (nSPS) is 12.3. The lowest BCUT2D eigenvalue weighted by atomic mass is 9.98. The average molecular weight is 1260 g/mol. The summed E-state index contributed by atoms with van der Waals surface area (Å²) in [5, 5.41) is 15.0. The van der Waals surface area contributed by atoms with Crippen molar-refractivity contribution in [3.63, 3.8) is 0 Å². The van der Waals surface area contributed by atoms with E-state index in [0.717, 1.165) is 90.7 Å². The smallest absolute Gasteiger partial charge is 0.407 e. The van der Waals surface area contributed by atoms with E-state index in [0.29, 0.717) is 40.6 Å². The number of anilines is 2. The van der Waals surface area contributed by atoms with Crippen LogP contribution in [0.1, 0.15) is 101 Å². The van der Waals surface area contributed by atoms with Crippen LogP contribution in [0, 0.1) is 13.8 Å². The second-order valence-corrected chi connectivity index (χ2v) is 22.4. The maximum absolute atomic E-state index is 13.7. The molecule has 7 N–H and O–H groups in total. The second kappa shape index (κ2) is 34.5. The van der Waals surface area contributed by atoms with Gasteiger partial charge in [-0.25, -0.2) is 14.4 Å². The number of ether oxygens (including phenoxy) is 3. The molecule has 0 spiro atoms. The molecule has 8 aromatic rings. The standard InChI is InChI=1S/C43H42N4O5S.C28H32N4O3S.2CH4/c1-4-30-13-9-11-27(2)39(30)41(53)46-38(42(49)51-3)23-28-18-20-31(21-19-28)45-40(48)37(24-29-12-10-22-44-25-29)47-43(50)52-26-36-34-16-7-5-14-32(34)33-15-6-8-17-35(33)36;1-4-21-9-5-7-18(2)25(21)27(36)32-24(28(34)35-3)16-19-10-12-22(13-11-19)31-26(33)23(29)15-20-8-6-14-30-17-20;;/h5-22,25,36-38H,4,23-24,26H2,1-3H3,(H,45,48)(H,46,53)(H,47,50);5-14,17,23-24H,4,15-16,29H2,1-3H3,(H,31,33)(H,32,36);2*1H4/t37?,38-;23?,24-;;/m00../s1. The first kappa shape index (κ1) is 70.6. The summed E-state index contributed by atoms with van der Waals surface area (Å²) in [6.07, 6.45) is 8.90. The Morgan fingerprint density at radius 3 is 1.36 bits per heavy atom. The van der Waals surface area contributed by atoms with Gasteiger partial charge in [-0.2, -0.15) is 0 Å². The second-order valence-electron chi connectivity index (χ2n) is 21.6. The number of amides is 3. The first-order valence-corrected chi connectivity index (χ1v) is 30.3. The number of benzene rings is 6. The number of alkyl carbamates (subject to hydrolysis) is 1. The Balaban J connectivity index is 0.000000304. The fourth-order valence-corrected chi connectivity index (χ4v) is 11.7. The summed E-state index contributed by atoms with van der Waals surface area (Å²) in [4.78, 5) is 74.0. The van der Waals surface area contributed by atoms with Crippen LogP contribution in [-0.2, 0) is 71.9 Å². The van der Waals surface area contributed by atoms with Gasteiger partial charge in [-0.05, 0) is 136 Å². The molecular weight excluding hydrogens is 1180 g/mol. The number of nitrogens with two attached hydrogens (primary N) is 1. The van der Waals surface area contributed by atoms with Crippen molar-refractivity contribution in [1.82, 2.24) is 25.9 Å². The Labute approximate surface area is 545 Å². The van der Waals surface area contributed by atoms with E-state index in [1.54, 1.807) is 55.1 Å². The molecule has 2 heterocycles. The molecule has 4 atom stereocenters. The van der Waals surface area contributed by atoms with Crippen LogP contribution in [0.3, 0.4) is 0 Å². The van der Waals surface area contributed by atoms with Gasteiger partial charge in [-0.3, -0.25) is 19.6 Å². The average Bonchev–Trinajstić information content (AvgIpc) is 1.67. The number of carbonyl (C=O) groups excluding carboxylic acids is 5. The maximum Gasteiger partial charge on any atom is 0.407 e. The summed E-state index contributed by atoms with van der Waals surface area (Å²) in [6, 6.07) is 47.1. The van der Waals surface area contributed by atoms with Crippen LogP contribution in [0.4, 0.5) is 16.2 Å². The predicted molar refractivity (Wildman–Crippen MR) is 369 cm³/mol. The molecule has 1 aliphatic carbocycles. The van der Waals surface area contributed by atoms with Gasteiger partial charge in [0.05, 0.1) is 20.3 Å². The molecule has 2 unspecified atom stereocenters. The van der Waals surface area contributed by atoms with Crippen LogP contribution in [-0.4, -0.2) is 94.8 Å². The van der Waals surface area contributed by atoms with Crippen molar-refractivity contribution in [2.24, 2.45) is 5.73 Å². The van der Waals surface area contributed by atoms with E-state index in [1.807, 2.05) is 117 Å².